The second-order valence-electron chi connectivity index (χ2n) is 6.55. The van der Waals surface area contributed by atoms with Crippen LogP contribution < -0.4 is 4.72 Å². The number of aryl methyl sites for hydroxylation is 1. The van der Waals surface area contributed by atoms with Crippen molar-refractivity contribution in [2.24, 2.45) is 0 Å². The Hall–Kier alpha value is -1.92. The van der Waals surface area contributed by atoms with Gasteiger partial charge in [-0.05, 0) is 87.1 Å². The Morgan fingerprint density at radius 2 is 1.44 bits per heavy atom. The minimum atomic E-state index is -3.70. The van der Waals surface area contributed by atoms with Crippen LogP contribution in [0, 0.1) is 41.5 Å². The molecule has 0 unspecified atom stereocenters. The van der Waals surface area contributed by atoms with Crippen LogP contribution in [0.15, 0.2) is 23.1 Å². The number of benzene rings is 2. The van der Waals surface area contributed by atoms with Crippen LogP contribution >= 0.6 is 11.3 Å². The maximum Gasteiger partial charge on any atom is 0.264 e. The lowest BCUT2D eigenvalue weighted by molar-refractivity contribution is 0.599. The highest BCUT2D eigenvalue weighted by Crippen LogP contribution is 2.33. The standard InChI is InChI=1S/C19H22N2O2S2/c1-10-7-8-16-17(9-10)24-19(20-16)21-25(22,23)18-14(5)12(3)11(2)13(4)15(18)6/h7-9H,1-6H3,(H,20,21). The topological polar surface area (TPSA) is 59.1 Å². The largest absolute Gasteiger partial charge is 0.264 e. The zero-order chi connectivity index (χ0) is 18.5. The fourth-order valence-corrected chi connectivity index (χ4v) is 5.91. The summed E-state index contributed by atoms with van der Waals surface area (Å²) in [5.74, 6) is 0. The van der Waals surface area contributed by atoms with Crippen molar-refractivity contribution in [3.05, 3.63) is 51.6 Å². The number of rotatable bonds is 3. The van der Waals surface area contributed by atoms with Gasteiger partial charge in [0.15, 0.2) is 5.13 Å². The second kappa shape index (κ2) is 6.11. The molecule has 0 saturated carbocycles. The van der Waals surface area contributed by atoms with Gasteiger partial charge in [-0.3, -0.25) is 4.72 Å². The molecule has 1 N–H and O–H groups in total. The van der Waals surface area contributed by atoms with E-state index in [2.05, 4.69) is 9.71 Å². The van der Waals surface area contributed by atoms with Gasteiger partial charge < -0.3 is 0 Å². The summed E-state index contributed by atoms with van der Waals surface area (Å²) in [4.78, 5) is 4.78. The second-order valence-corrected chi connectivity index (χ2v) is 9.20. The number of sulfonamides is 1. The van der Waals surface area contributed by atoms with Crippen LogP contribution in [0.4, 0.5) is 5.13 Å². The van der Waals surface area contributed by atoms with Gasteiger partial charge in [-0.1, -0.05) is 17.4 Å². The third-order valence-electron chi connectivity index (χ3n) is 4.97. The number of fused-ring (bicyclic) bond motifs is 1. The molecule has 0 bridgehead atoms. The predicted octanol–water partition coefficient (Wildman–Crippen LogP) is 4.95. The van der Waals surface area contributed by atoms with Crippen LogP contribution in [0.5, 0.6) is 0 Å². The van der Waals surface area contributed by atoms with E-state index in [1.165, 1.54) is 11.3 Å². The Kier molecular flexibility index (Phi) is 4.37. The predicted molar refractivity (Wildman–Crippen MR) is 105 cm³/mol. The van der Waals surface area contributed by atoms with Crippen molar-refractivity contribution in [2.75, 3.05) is 4.72 Å². The minimum absolute atomic E-state index is 0.364. The average molecular weight is 375 g/mol. The summed E-state index contributed by atoms with van der Waals surface area (Å²) in [5.41, 5.74) is 6.70. The summed E-state index contributed by atoms with van der Waals surface area (Å²) in [6, 6.07) is 5.90. The molecule has 0 fully saturated rings. The lowest BCUT2D eigenvalue weighted by Crippen LogP contribution is -2.17. The molecule has 4 nitrogen and oxygen atoms in total. The zero-order valence-corrected chi connectivity index (χ0v) is 16.9. The van der Waals surface area contributed by atoms with Crippen LogP contribution in [0.3, 0.4) is 0 Å². The van der Waals surface area contributed by atoms with Gasteiger partial charge in [0, 0.05) is 0 Å². The Labute approximate surface area is 153 Å². The van der Waals surface area contributed by atoms with Crippen molar-refractivity contribution >= 4 is 36.7 Å². The molecule has 0 atom stereocenters. The third kappa shape index (κ3) is 3.04. The first kappa shape index (κ1) is 17.9. The molecular formula is C19H22N2O2S2. The molecule has 3 aromatic rings. The van der Waals surface area contributed by atoms with Gasteiger partial charge in [0.05, 0.1) is 15.1 Å². The van der Waals surface area contributed by atoms with E-state index >= 15 is 0 Å². The molecule has 0 spiro atoms. The number of hydrogen-bond acceptors (Lipinski definition) is 4. The first-order valence-electron chi connectivity index (χ1n) is 8.09. The van der Waals surface area contributed by atoms with Crippen LogP contribution in [-0.4, -0.2) is 13.4 Å². The summed E-state index contributed by atoms with van der Waals surface area (Å²) in [7, 11) is -3.70. The van der Waals surface area contributed by atoms with E-state index in [0.717, 1.165) is 43.6 Å². The first-order chi connectivity index (χ1) is 11.6. The van der Waals surface area contributed by atoms with Crippen LogP contribution in [0.25, 0.3) is 10.2 Å². The van der Waals surface area contributed by atoms with Gasteiger partial charge in [0.25, 0.3) is 10.0 Å². The van der Waals surface area contributed by atoms with Crippen LogP contribution in [0.2, 0.25) is 0 Å². The Morgan fingerprint density at radius 1 is 0.880 bits per heavy atom. The highest BCUT2D eigenvalue weighted by atomic mass is 32.2. The molecule has 0 aliphatic heterocycles. The average Bonchev–Trinajstić information content (AvgIpc) is 2.91. The lowest BCUT2D eigenvalue weighted by Gasteiger charge is -2.18. The molecule has 0 aliphatic rings. The van der Waals surface area contributed by atoms with Gasteiger partial charge in [-0.2, -0.15) is 0 Å². The van der Waals surface area contributed by atoms with E-state index in [4.69, 9.17) is 0 Å². The molecule has 0 saturated heterocycles. The van der Waals surface area contributed by atoms with E-state index in [1.807, 2.05) is 59.7 Å². The molecule has 0 amide bonds. The highest BCUT2D eigenvalue weighted by Gasteiger charge is 2.24. The minimum Gasteiger partial charge on any atom is -0.255 e. The number of thiazole rings is 1. The number of nitrogens with one attached hydrogen (secondary N) is 1. The molecule has 1 aromatic heterocycles. The molecule has 132 valence electrons. The zero-order valence-electron chi connectivity index (χ0n) is 15.3. The molecular weight excluding hydrogens is 352 g/mol. The molecule has 1 heterocycles. The maximum absolute atomic E-state index is 13.1. The fraction of sp³-hybridized carbons (Fsp3) is 0.316. The SMILES string of the molecule is Cc1ccc2nc(NS(=O)(=O)c3c(C)c(C)c(C)c(C)c3C)sc2c1. The molecule has 2 aromatic carbocycles. The van der Waals surface area contributed by atoms with Gasteiger partial charge in [-0.15, -0.1) is 0 Å². The Balaban J connectivity index is 2.10. The van der Waals surface area contributed by atoms with Crippen molar-refractivity contribution in [1.29, 1.82) is 0 Å². The number of anilines is 1. The summed E-state index contributed by atoms with van der Waals surface area (Å²) < 4.78 is 29.8. The summed E-state index contributed by atoms with van der Waals surface area (Å²) >= 11 is 1.35. The van der Waals surface area contributed by atoms with Gasteiger partial charge >= 0.3 is 0 Å². The quantitative estimate of drug-likeness (QED) is 0.706. The smallest absolute Gasteiger partial charge is 0.255 e. The monoisotopic (exact) mass is 374 g/mol. The Bertz CT molecular complexity index is 1070. The molecule has 25 heavy (non-hydrogen) atoms. The van der Waals surface area contributed by atoms with E-state index < -0.39 is 10.0 Å². The normalized spacial score (nSPS) is 11.9. The van der Waals surface area contributed by atoms with Crippen molar-refractivity contribution in [2.45, 2.75) is 46.4 Å². The van der Waals surface area contributed by atoms with Crippen molar-refractivity contribution in [3.8, 4) is 0 Å². The lowest BCUT2D eigenvalue weighted by atomic mass is 9.95. The molecule has 6 heteroatoms. The highest BCUT2D eigenvalue weighted by molar-refractivity contribution is 7.93. The van der Waals surface area contributed by atoms with Crippen LogP contribution in [0.1, 0.15) is 33.4 Å². The number of hydrogen-bond donors (Lipinski definition) is 1. The number of nitrogens with zero attached hydrogens (tertiary/aromatic N) is 1. The van der Waals surface area contributed by atoms with Gasteiger partial charge in [0.2, 0.25) is 0 Å². The summed E-state index contributed by atoms with van der Waals surface area (Å²) in [5, 5.41) is 0.398. The molecule has 3 rings (SSSR count). The van der Waals surface area contributed by atoms with Crippen molar-refractivity contribution < 1.29 is 8.42 Å². The number of aromatic nitrogens is 1. The fourth-order valence-electron chi connectivity index (χ4n) is 3.11. The molecule has 0 radical (unpaired) electrons. The Morgan fingerprint density at radius 3 is 2.04 bits per heavy atom. The first-order valence-corrected chi connectivity index (χ1v) is 10.4. The van der Waals surface area contributed by atoms with E-state index in [1.54, 1.807) is 0 Å². The summed E-state index contributed by atoms with van der Waals surface area (Å²) in [6.45, 7) is 11.7. The van der Waals surface area contributed by atoms with Gasteiger partial charge in [-0.25, -0.2) is 13.4 Å². The van der Waals surface area contributed by atoms with Crippen LogP contribution in [-0.2, 0) is 10.0 Å². The van der Waals surface area contributed by atoms with E-state index in [9.17, 15) is 8.42 Å². The van der Waals surface area contributed by atoms with E-state index in [0.29, 0.717) is 10.0 Å². The molecule has 0 aliphatic carbocycles. The summed E-state index contributed by atoms with van der Waals surface area (Å²) in [6.07, 6.45) is 0. The van der Waals surface area contributed by atoms with Gasteiger partial charge in [0.1, 0.15) is 0 Å². The third-order valence-corrected chi connectivity index (χ3v) is 7.64. The van der Waals surface area contributed by atoms with Crippen molar-refractivity contribution in [1.82, 2.24) is 4.98 Å². The van der Waals surface area contributed by atoms with Crippen molar-refractivity contribution in [3.63, 3.8) is 0 Å². The van der Waals surface area contributed by atoms with E-state index in [-0.39, 0.29) is 0 Å². The maximum atomic E-state index is 13.1.